The second kappa shape index (κ2) is 7.19. The van der Waals surface area contributed by atoms with Crippen molar-refractivity contribution in [3.63, 3.8) is 0 Å². The van der Waals surface area contributed by atoms with Crippen molar-refractivity contribution in [1.29, 1.82) is 0 Å². The van der Waals surface area contributed by atoms with Gasteiger partial charge in [-0.25, -0.2) is 4.79 Å². The Labute approximate surface area is 147 Å². The van der Waals surface area contributed by atoms with Gasteiger partial charge in [0.15, 0.2) is 0 Å². The van der Waals surface area contributed by atoms with E-state index in [-0.39, 0.29) is 11.8 Å². The van der Waals surface area contributed by atoms with Crippen molar-refractivity contribution in [2.24, 2.45) is 5.41 Å². The van der Waals surface area contributed by atoms with E-state index in [0.717, 1.165) is 44.0 Å². The number of carboxylic acid groups (broad SMARTS) is 1. The molecule has 3 aliphatic rings. The molecule has 140 valence electrons. The Kier molecular flexibility index (Phi) is 5.17. The monoisotopic (exact) mass is 353 g/mol. The summed E-state index contributed by atoms with van der Waals surface area (Å²) in [5, 5.41) is 9.06. The molecule has 8 heteroatoms. The van der Waals surface area contributed by atoms with Crippen LogP contribution in [-0.2, 0) is 14.3 Å². The quantitative estimate of drug-likeness (QED) is 0.800. The minimum Gasteiger partial charge on any atom is -0.465 e. The van der Waals surface area contributed by atoms with Crippen molar-refractivity contribution in [1.82, 2.24) is 14.7 Å². The number of ether oxygens (including phenoxy) is 1. The maximum atomic E-state index is 12.3. The number of amides is 3. The molecule has 3 saturated heterocycles. The maximum absolute atomic E-state index is 12.3. The third-order valence-corrected chi connectivity index (χ3v) is 5.81. The third-order valence-electron chi connectivity index (χ3n) is 5.81. The molecule has 0 radical (unpaired) electrons. The first-order valence-corrected chi connectivity index (χ1v) is 9.06. The van der Waals surface area contributed by atoms with Gasteiger partial charge in [0, 0.05) is 44.6 Å². The van der Waals surface area contributed by atoms with Gasteiger partial charge >= 0.3 is 6.09 Å². The van der Waals surface area contributed by atoms with E-state index >= 15 is 0 Å². The van der Waals surface area contributed by atoms with Gasteiger partial charge in [-0.05, 0) is 26.2 Å². The minimum atomic E-state index is -1.06. The van der Waals surface area contributed by atoms with Gasteiger partial charge in [-0.2, -0.15) is 0 Å². The molecule has 25 heavy (non-hydrogen) atoms. The number of likely N-dealkylation sites (tertiary alicyclic amines) is 1. The molecule has 3 aliphatic heterocycles. The van der Waals surface area contributed by atoms with Crippen molar-refractivity contribution in [2.45, 2.75) is 38.6 Å². The Morgan fingerprint density at radius 3 is 2.44 bits per heavy atom. The van der Waals surface area contributed by atoms with Crippen LogP contribution in [0.4, 0.5) is 4.79 Å². The number of piperidine rings is 1. The maximum Gasteiger partial charge on any atom is 0.408 e. The number of hydrogen-bond donors (Lipinski definition) is 1. The summed E-state index contributed by atoms with van der Waals surface area (Å²) in [6, 6.07) is -0.648. The molecule has 3 amide bonds. The molecule has 0 bridgehead atoms. The molecule has 0 saturated carbocycles. The topological polar surface area (TPSA) is 90.4 Å². The summed E-state index contributed by atoms with van der Waals surface area (Å²) in [6.45, 7) is 6.11. The van der Waals surface area contributed by atoms with Crippen LogP contribution in [0.1, 0.15) is 32.6 Å². The van der Waals surface area contributed by atoms with Gasteiger partial charge in [-0.1, -0.05) is 0 Å². The van der Waals surface area contributed by atoms with E-state index in [1.807, 2.05) is 4.90 Å². The number of carbonyl (C=O) groups excluding carboxylic acids is 2. The van der Waals surface area contributed by atoms with Crippen LogP contribution in [0, 0.1) is 5.41 Å². The summed E-state index contributed by atoms with van der Waals surface area (Å²) in [5.74, 6) is -0.0224. The molecule has 3 rings (SSSR count). The highest BCUT2D eigenvalue weighted by molar-refractivity contribution is 5.86. The van der Waals surface area contributed by atoms with Gasteiger partial charge in [0.1, 0.15) is 6.04 Å². The smallest absolute Gasteiger partial charge is 0.408 e. The lowest BCUT2D eigenvalue weighted by molar-refractivity contribution is -0.153. The Morgan fingerprint density at radius 2 is 1.88 bits per heavy atom. The lowest BCUT2D eigenvalue weighted by Gasteiger charge is -2.47. The van der Waals surface area contributed by atoms with Crippen molar-refractivity contribution in [3.05, 3.63) is 0 Å². The Bertz CT molecular complexity index is 538. The van der Waals surface area contributed by atoms with E-state index in [2.05, 4.69) is 0 Å². The molecule has 1 unspecified atom stereocenters. The second-order valence-corrected chi connectivity index (χ2v) is 7.45. The highest BCUT2D eigenvalue weighted by atomic mass is 16.5. The first-order valence-electron chi connectivity index (χ1n) is 9.06. The van der Waals surface area contributed by atoms with Crippen molar-refractivity contribution >= 4 is 17.9 Å². The fourth-order valence-electron chi connectivity index (χ4n) is 3.90. The van der Waals surface area contributed by atoms with E-state index in [1.165, 1.54) is 0 Å². The zero-order valence-corrected chi connectivity index (χ0v) is 14.8. The van der Waals surface area contributed by atoms with Gasteiger partial charge in [0.2, 0.25) is 11.8 Å². The predicted octanol–water partition coefficient (Wildman–Crippen LogP) is 0.616. The molecule has 0 aromatic heterocycles. The number of piperazine rings is 1. The van der Waals surface area contributed by atoms with Crippen LogP contribution in [0.25, 0.3) is 0 Å². The van der Waals surface area contributed by atoms with E-state index in [1.54, 1.807) is 11.8 Å². The zero-order chi connectivity index (χ0) is 18.0. The summed E-state index contributed by atoms with van der Waals surface area (Å²) in [7, 11) is 0. The van der Waals surface area contributed by atoms with E-state index in [9.17, 15) is 14.4 Å². The zero-order valence-electron chi connectivity index (χ0n) is 14.8. The fraction of sp³-hybridized carbons (Fsp3) is 0.824. The predicted molar refractivity (Wildman–Crippen MR) is 89.1 cm³/mol. The molecular weight excluding hydrogens is 326 g/mol. The molecule has 8 nitrogen and oxygen atoms in total. The molecular formula is C17H27N3O5. The lowest BCUT2D eigenvalue weighted by atomic mass is 9.77. The average Bonchev–Trinajstić information content (AvgIpc) is 2.57. The van der Waals surface area contributed by atoms with Crippen LogP contribution in [0.2, 0.25) is 0 Å². The van der Waals surface area contributed by atoms with Gasteiger partial charge < -0.3 is 19.6 Å². The lowest BCUT2D eigenvalue weighted by Crippen LogP contribution is -2.57. The molecule has 0 aromatic rings. The van der Waals surface area contributed by atoms with E-state index in [4.69, 9.17) is 9.84 Å². The van der Waals surface area contributed by atoms with Crippen LogP contribution < -0.4 is 0 Å². The highest BCUT2D eigenvalue weighted by Crippen LogP contribution is 2.38. The summed E-state index contributed by atoms with van der Waals surface area (Å²) in [6.07, 6.45) is 2.03. The number of rotatable bonds is 4. The highest BCUT2D eigenvalue weighted by Gasteiger charge is 2.41. The minimum absolute atomic E-state index is 0.153. The summed E-state index contributed by atoms with van der Waals surface area (Å²) in [4.78, 5) is 40.4. The number of carbonyl (C=O) groups is 3. The fourth-order valence-corrected chi connectivity index (χ4v) is 3.90. The van der Waals surface area contributed by atoms with Crippen LogP contribution in [0.3, 0.4) is 0 Å². The Balaban J connectivity index is 1.39. The standard InChI is InChI=1S/C17H27N3O5/c1-13-15(22)19(9-10-20(13)16(23)24)6-2-3-14(21)18-7-4-17(5-8-18)11-25-12-17/h13H,2-12H2,1H3,(H,23,24). The molecule has 0 aromatic carbocycles. The Hall–Kier alpha value is -1.83. The third kappa shape index (κ3) is 3.73. The number of hydrogen-bond acceptors (Lipinski definition) is 4. The summed E-state index contributed by atoms with van der Waals surface area (Å²) in [5.41, 5.74) is 0.323. The van der Waals surface area contributed by atoms with Gasteiger partial charge in [-0.3, -0.25) is 14.5 Å². The Morgan fingerprint density at radius 1 is 1.20 bits per heavy atom. The first kappa shape index (κ1) is 18.0. The summed E-state index contributed by atoms with van der Waals surface area (Å²) >= 11 is 0. The van der Waals surface area contributed by atoms with Crippen molar-refractivity contribution < 1.29 is 24.2 Å². The molecule has 1 atom stereocenters. The molecule has 1 N–H and O–H groups in total. The largest absolute Gasteiger partial charge is 0.465 e. The number of nitrogens with zero attached hydrogens (tertiary/aromatic N) is 3. The SMILES string of the molecule is CC1C(=O)N(CCCC(=O)N2CCC3(CC2)COC3)CCN1C(=O)O. The molecule has 1 spiro atoms. The molecule has 0 aliphatic carbocycles. The normalized spacial score (nSPS) is 25.9. The molecule has 3 fully saturated rings. The van der Waals surface area contributed by atoms with Crippen molar-refractivity contribution in [2.75, 3.05) is 45.9 Å². The second-order valence-electron chi connectivity index (χ2n) is 7.45. The average molecular weight is 353 g/mol. The summed E-state index contributed by atoms with van der Waals surface area (Å²) < 4.78 is 5.30. The van der Waals surface area contributed by atoms with Crippen molar-refractivity contribution in [3.8, 4) is 0 Å². The van der Waals surface area contributed by atoms with E-state index < -0.39 is 12.1 Å². The van der Waals surface area contributed by atoms with Crippen LogP contribution in [-0.4, -0.2) is 89.7 Å². The first-order chi connectivity index (χ1) is 11.9. The van der Waals surface area contributed by atoms with Crippen LogP contribution in [0.5, 0.6) is 0 Å². The molecule has 3 heterocycles. The van der Waals surface area contributed by atoms with Gasteiger partial charge in [0.05, 0.1) is 13.2 Å². The van der Waals surface area contributed by atoms with Crippen LogP contribution >= 0.6 is 0 Å². The van der Waals surface area contributed by atoms with E-state index in [0.29, 0.717) is 37.9 Å². The van der Waals surface area contributed by atoms with Gasteiger partial charge in [0.25, 0.3) is 0 Å². The van der Waals surface area contributed by atoms with Gasteiger partial charge in [-0.15, -0.1) is 0 Å². The van der Waals surface area contributed by atoms with Crippen LogP contribution in [0.15, 0.2) is 0 Å².